The van der Waals surface area contributed by atoms with Gasteiger partial charge in [-0.1, -0.05) is 127 Å². The fourth-order valence-corrected chi connectivity index (χ4v) is 7.92. The fraction of sp³-hybridized carbons (Fsp3) is 0.0816. The van der Waals surface area contributed by atoms with Gasteiger partial charge in [0.2, 0.25) is 0 Å². The number of nitrogens with zero attached hydrogens (tertiary/aromatic N) is 4. The molecule has 0 fully saturated rings. The fourth-order valence-electron chi connectivity index (χ4n) is 7.92. The minimum absolute atomic E-state index is 0.445. The van der Waals surface area contributed by atoms with Crippen LogP contribution in [0.15, 0.2) is 158 Å². The van der Waals surface area contributed by atoms with Crippen molar-refractivity contribution < 1.29 is 13.2 Å². The Labute approximate surface area is 322 Å². The normalized spacial score (nSPS) is 11.8. The lowest BCUT2D eigenvalue weighted by molar-refractivity contribution is -0.137. The number of alkyl halides is 3. The highest BCUT2D eigenvalue weighted by atomic mass is 19.4. The van der Waals surface area contributed by atoms with E-state index in [2.05, 4.69) is 67.8 Å². The first-order valence-corrected chi connectivity index (χ1v) is 18.4. The Morgan fingerprint density at radius 1 is 0.446 bits per heavy atom. The van der Waals surface area contributed by atoms with Gasteiger partial charge in [0.25, 0.3) is 0 Å². The predicted octanol–water partition coefficient (Wildman–Crippen LogP) is 13.2. The van der Waals surface area contributed by atoms with Gasteiger partial charge in [-0.2, -0.15) is 13.2 Å². The summed E-state index contributed by atoms with van der Waals surface area (Å²) in [4.78, 5) is 14.8. The lowest BCUT2D eigenvalue weighted by Gasteiger charge is -2.17. The minimum Gasteiger partial charge on any atom is -0.309 e. The maximum atomic E-state index is 14.1. The molecule has 0 saturated carbocycles. The number of aromatic nitrogens is 4. The first-order valence-electron chi connectivity index (χ1n) is 18.4. The van der Waals surface area contributed by atoms with E-state index < -0.39 is 11.7 Å². The second-order valence-corrected chi connectivity index (χ2v) is 14.2. The monoisotopic (exact) mass is 736 g/mol. The lowest BCUT2D eigenvalue weighted by Crippen LogP contribution is -2.05. The van der Waals surface area contributed by atoms with Crippen LogP contribution in [0, 0.1) is 20.8 Å². The molecular weight excluding hydrogens is 702 g/mol. The van der Waals surface area contributed by atoms with Crippen LogP contribution in [-0.2, 0) is 6.18 Å². The zero-order chi connectivity index (χ0) is 38.6. The van der Waals surface area contributed by atoms with Crippen molar-refractivity contribution in [2.24, 2.45) is 0 Å². The molecule has 272 valence electrons. The SMILES string of the molecule is Cc1cc(C)c(-c2ccc3c(c2)c2ccccc2n3-c2cc(-c3nc(-c4ccccc4)nc(-c4ccccc4)n3)ccc2-c2cccc(C(F)(F)F)c2)c(C)c1. The summed E-state index contributed by atoms with van der Waals surface area (Å²) < 4.78 is 44.6. The number of hydrogen-bond acceptors (Lipinski definition) is 3. The molecule has 0 N–H and O–H groups in total. The van der Waals surface area contributed by atoms with Crippen LogP contribution in [0.25, 0.3) is 83.9 Å². The van der Waals surface area contributed by atoms with E-state index in [1.54, 1.807) is 6.07 Å². The Morgan fingerprint density at radius 2 is 1.00 bits per heavy atom. The van der Waals surface area contributed by atoms with Gasteiger partial charge < -0.3 is 4.57 Å². The van der Waals surface area contributed by atoms with Crippen molar-refractivity contribution in [3.63, 3.8) is 0 Å². The molecule has 0 aliphatic rings. The molecule has 7 heteroatoms. The Balaban J connectivity index is 1.32. The van der Waals surface area contributed by atoms with Crippen molar-refractivity contribution in [1.82, 2.24) is 19.5 Å². The number of aryl methyl sites for hydroxylation is 3. The molecule has 0 aliphatic carbocycles. The molecule has 0 bridgehead atoms. The van der Waals surface area contributed by atoms with E-state index in [1.165, 1.54) is 34.4 Å². The molecule has 0 unspecified atom stereocenters. The van der Waals surface area contributed by atoms with E-state index in [0.29, 0.717) is 39.9 Å². The molecule has 0 spiro atoms. The third-order valence-corrected chi connectivity index (χ3v) is 10.3. The van der Waals surface area contributed by atoms with Gasteiger partial charge in [0.05, 0.1) is 22.3 Å². The maximum Gasteiger partial charge on any atom is 0.416 e. The van der Waals surface area contributed by atoms with Crippen LogP contribution in [0.1, 0.15) is 22.3 Å². The highest BCUT2D eigenvalue weighted by Gasteiger charge is 2.31. The second-order valence-electron chi connectivity index (χ2n) is 14.2. The van der Waals surface area contributed by atoms with E-state index in [-0.39, 0.29) is 0 Å². The van der Waals surface area contributed by atoms with E-state index in [0.717, 1.165) is 44.6 Å². The zero-order valence-electron chi connectivity index (χ0n) is 30.9. The van der Waals surface area contributed by atoms with Crippen molar-refractivity contribution >= 4 is 21.8 Å². The molecule has 0 amide bonds. The van der Waals surface area contributed by atoms with Gasteiger partial charge in [-0.15, -0.1) is 0 Å². The van der Waals surface area contributed by atoms with Crippen molar-refractivity contribution in [2.75, 3.05) is 0 Å². The van der Waals surface area contributed by atoms with Crippen LogP contribution >= 0.6 is 0 Å². The maximum absolute atomic E-state index is 14.1. The summed E-state index contributed by atoms with van der Waals surface area (Å²) in [6.45, 7) is 6.39. The van der Waals surface area contributed by atoms with Gasteiger partial charge in [0, 0.05) is 33.0 Å². The molecule has 0 saturated heterocycles. The number of benzene rings is 7. The average molecular weight is 737 g/mol. The molecule has 2 aromatic heterocycles. The molecule has 9 aromatic rings. The first-order chi connectivity index (χ1) is 27.1. The standard InChI is InChI=1S/C49H35F3N4/c1-30-25-31(2)45(32(3)26-30)36-22-24-43-41(28-36)40-19-10-11-20-42(40)56(43)44-29-37(21-23-39(44)35-17-12-18-38(27-35)49(50,51)52)48-54-46(33-13-6-4-7-14-33)53-47(55-48)34-15-8-5-9-16-34/h4-29H,1-3H3. The van der Waals surface area contributed by atoms with Crippen LogP contribution in [0.5, 0.6) is 0 Å². The van der Waals surface area contributed by atoms with E-state index in [9.17, 15) is 13.2 Å². The van der Waals surface area contributed by atoms with Crippen molar-refractivity contribution in [1.29, 1.82) is 0 Å². The van der Waals surface area contributed by atoms with Gasteiger partial charge >= 0.3 is 6.18 Å². The number of para-hydroxylation sites is 1. The molecule has 7 aromatic carbocycles. The molecule has 0 atom stereocenters. The van der Waals surface area contributed by atoms with E-state index in [4.69, 9.17) is 15.0 Å². The molecular formula is C49H35F3N4. The summed E-state index contributed by atoms with van der Waals surface area (Å²) in [5.74, 6) is 1.48. The smallest absolute Gasteiger partial charge is 0.309 e. The number of fused-ring (bicyclic) bond motifs is 3. The highest BCUT2D eigenvalue weighted by molar-refractivity contribution is 6.11. The topological polar surface area (TPSA) is 43.6 Å². The minimum atomic E-state index is -4.50. The van der Waals surface area contributed by atoms with Crippen LogP contribution in [0.3, 0.4) is 0 Å². The van der Waals surface area contributed by atoms with Crippen LogP contribution in [0.4, 0.5) is 13.2 Å². The second kappa shape index (κ2) is 13.8. The summed E-state index contributed by atoms with van der Waals surface area (Å²) >= 11 is 0. The number of halogens is 3. The Kier molecular flexibility index (Phi) is 8.58. The summed E-state index contributed by atoms with van der Waals surface area (Å²) in [5, 5.41) is 2.07. The van der Waals surface area contributed by atoms with Gasteiger partial charge in [-0.05, 0) is 85.0 Å². The van der Waals surface area contributed by atoms with Crippen LogP contribution in [-0.4, -0.2) is 19.5 Å². The zero-order valence-corrected chi connectivity index (χ0v) is 30.9. The summed E-state index contributed by atoms with van der Waals surface area (Å²) in [7, 11) is 0. The lowest BCUT2D eigenvalue weighted by atomic mass is 9.93. The molecule has 9 rings (SSSR count). The molecule has 4 nitrogen and oxygen atoms in total. The number of rotatable bonds is 6. The average Bonchev–Trinajstić information content (AvgIpc) is 3.54. The van der Waals surface area contributed by atoms with Gasteiger partial charge in [0.15, 0.2) is 17.5 Å². The van der Waals surface area contributed by atoms with E-state index >= 15 is 0 Å². The summed E-state index contributed by atoms with van der Waals surface area (Å²) in [6, 6.07) is 49.8. The largest absolute Gasteiger partial charge is 0.416 e. The quantitative estimate of drug-likeness (QED) is 0.171. The van der Waals surface area contributed by atoms with Gasteiger partial charge in [-0.25, -0.2) is 15.0 Å². The molecule has 56 heavy (non-hydrogen) atoms. The third kappa shape index (κ3) is 6.31. The predicted molar refractivity (Wildman–Crippen MR) is 221 cm³/mol. The van der Waals surface area contributed by atoms with Gasteiger partial charge in [0.1, 0.15) is 0 Å². The summed E-state index contributed by atoms with van der Waals surface area (Å²) in [6.07, 6.45) is -4.50. The van der Waals surface area contributed by atoms with Crippen molar-refractivity contribution in [3.05, 3.63) is 180 Å². The van der Waals surface area contributed by atoms with Crippen LogP contribution < -0.4 is 0 Å². The Bertz CT molecular complexity index is 2850. The Morgan fingerprint density at radius 3 is 1.64 bits per heavy atom. The molecule has 0 radical (unpaired) electrons. The third-order valence-electron chi connectivity index (χ3n) is 10.3. The van der Waals surface area contributed by atoms with Crippen molar-refractivity contribution in [3.8, 4) is 62.1 Å². The first kappa shape index (κ1) is 34.9. The molecule has 2 heterocycles. The van der Waals surface area contributed by atoms with Crippen molar-refractivity contribution in [2.45, 2.75) is 26.9 Å². The number of hydrogen-bond donors (Lipinski definition) is 0. The van der Waals surface area contributed by atoms with Gasteiger partial charge in [-0.3, -0.25) is 0 Å². The van der Waals surface area contributed by atoms with Crippen LogP contribution in [0.2, 0.25) is 0 Å². The highest BCUT2D eigenvalue weighted by Crippen LogP contribution is 2.41. The Hall–Kier alpha value is -6.86. The summed E-state index contributed by atoms with van der Waals surface area (Å²) in [5.41, 5.74) is 11.2. The van der Waals surface area contributed by atoms with E-state index in [1.807, 2.05) is 91.0 Å². The molecule has 0 aliphatic heterocycles.